The van der Waals surface area contributed by atoms with Gasteiger partial charge in [0.05, 0.1) is 16.3 Å². The first-order valence-electron chi connectivity index (χ1n) is 10.0. The number of nitrogens with zero attached hydrogens (tertiary/aromatic N) is 3. The molecule has 0 amide bonds. The van der Waals surface area contributed by atoms with Crippen LogP contribution in [0.2, 0.25) is 0 Å². The van der Waals surface area contributed by atoms with Gasteiger partial charge in [-0.05, 0) is 48.7 Å². The number of hydrogen-bond donors (Lipinski definition) is 1. The maximum Gasteiger partial charge on any atom is 0.183 e. The molecule has 152 valence electrons. The Hall–Kier alpha value is -3.25. The van der Waals surface area contributed by atoms with E-state index in [1.807, 2.05) is 36.5 Å². The van der Waals surface area contributed by atoms with Crippen LogP contribution in [-0.2, 0) is 6.61 Å². The third kappa shape index (κ3) is 4.83. The van der Waals surface area contributed by atoms with Crippen LogP contribution in [-0.4, -0.2) is 21.5 Å². The number of thiazole rings is 1. The Balaban J connectivity index is 1.51. The number of ether oxygens (including phenoxy) is 1. The van der Waals surface area contributed by atoms with E-state index in [-0.39, 0.29) is 0 Å². The number of benzene rings is 2. The van der Waals surface area contributed by atoms with Gasteiger partial charge in [0.1, 0.15) is 18.7 Å². The zero-order chi connectivity index (χ0) is 20.8. The molecule has 0 fully saturated rings. The lowest BCUT2D eigenvalue weighted by molar-refractivity contribution is 0.306. The van der Waals surface area contributed by atoms with Crippen molar-refractivity contribution >= 4 is 16.5 Å². The molecule has 0 unspecified atom stereocenters. The van der Waals surface area contributed by atoms with Gasteiger partial charge in [-0.25, -0.2) is 15.0 Å². The van der Waals surface area contributed by atoms with Gasteiger partial charge in [0.2, 0.25) is 0 Å². The van der Waals surface area contributed by atoms with Crippen LogP contribution < -0.4 is 10.1 Å². The Morgan fingerprint density at radius 3 is 2.60 bits per heavy atom. The van der Waals surface area contributed by atoms with Gasteiger partial charge in [0.25, 0.3) is 0 Å². The van der Waals surface area contributed by atoms with Crippen LogP contribution in [0.25, 0.3) is 21.8 Å². The van der Waals surface area contributed by atoms with E-state index < -0.39 is 0 Å². The van der Waals surface area contributed by atoms with E-state index in [1.165, 1.54) is 0 Å². The quantitative estimate of drug-likeness (QED) is 0.383. The lowest BCUT2D eigenvalue weighted by Gasteiger charge is -2.10. The third-order valence-electron chi connectivity index (χ3n) is 4.67. The normalized spacial score (nSPS) is 10.7. The number of aromatic nitrogens is 3. The van der Waals surface area contributed by atoms with Crippen LogP contribution in [0, 0.1) is 6.92 Å². The molecular weight excluding hydrogens is 392 g/mol. The summed E-state index contributed by atoms with van der Waals surface area (Å²) in [4.78, 5) is 14.4. The summed E-state index contributed by atoms with van der Waals surface area (Å²) in [5.74, 6) is 0.850. The van der Waals surface area contributed by atoms with Crippen LogP contribution in [0.15, 0.2) is 67.1 Å². The highest BCUT2D eigenvalue weighted by Crippen LogP contribution is 2.31. The Bertz CT molecular complexity index is 1110. The summed E-state index contributed by atoms with van der Waals surface area (Å²) in [6.45, 7) is 5.68. The lowest BCUT2D eigenvalue weighted by atomic mass is 10.0. The molecule has 6 heteroatoms. The molecule has 5 nitrogen and oxygen atoms in total. The zero-order valence-corrected chi connectivity index (χ0v) is 17.9. The van der Waals surface area contributed by atoms with Crippen molar-refractivity contribution in [3.8, 4) is 27.6 Å². The zero-order valence-electron chi connectivity index (χ0n) is 17.1. The average Bonchev–Trinajstić information content (AvgIpc) is 3.26. The first-order valence-corrected chi connectivity index (χ1v) is 10.8. The van der Waals surface area contributed by atoms with E-state index in [4.69, 9.17) is 4.74 Å². The molecule has 0 aliphatic rings. The lowest BCUT2D eigenvalue weighted by Crippen LogP contribution is -1.97. The smallest absolute Gasteiger partial charge is 0.183 e. The Labute approximate surface area is 180 Å². The molecule has 0 atom stereocenters. The summed E-state index contributed by atoms with van der Waals surface area (Å²) in [5, 5.41) is 4.24. The summed E-state index contributed by atoms with van der Waals surface area (Å²) in [6, 6.07) is 18.3. The number of anilines is 1. The molecule has 0 saturated carbocycles. The molecule has 2 aromatic carbocycles. The summed E-state index contributed by atoms with van der Waals surface area (Å²) < 4.78 is 5.95. The highest BCUT2D eigenvalue weighted by atomic mass is 32.1. The van der Waals surface area contributed by atoms with Crippen molar-refractivity contribution in [1.29, 1.82) is 0 Å². The monoisotopic (exact) mass is 416 g/mol. The Morgan fingerprint density at radius 1 is 0.967 bits per heavy atom. The highest BCUT2D eigenvalue weighted by molar-refractivity contribution is 7.18. The molecule has 0 bridgehead atoms. The fourth-order valence-corrected chi connectivity index (χ4v) is 3.91. The van der Waals surface area contributed by atoms with Gasteiger partial charge in [-0.1, -0.05) is 48.6 Å². The van der Waals surface area contributed by atoms with Gasteiger partial charge in [-0.2, -0.15) is 0 Å². The summed E-state index contributed by atoms with van der Waals surface area (Å²) in [5.41, 5.74) is 5.10. The minimum absolute atomic E-state index is 0.553. The first-order chi connectivity index (χ1) is 14.7. The van der Waals surface area contributed by atoms with Crippen molar-refractivity contribution in [2.24, 2.45) is 0 Å². The minimum Gasteiger partial charge on any atom is -0.489 e. The second kappa shape index (κ2) is 9.50. The number of rotatable bonds is 8. The van der Waals surface area contributed by atoms with E-state index in [2.05, 4.69) is 58.4 Å². The standard InChI is InChI=1S/C24H24N4OS/c1-3-11-25-24-26-14-23(30-24)22-13-21(27-16-28-22)20-10-9-19(12-17(20)2)29-15-18-7-5-4-6-8-18/h4-10,12-14,16H,3,11,15H2,1-2H3,(H,25,26). The van der Waals surface area contributed by atoms with Gasteiger partial charge >= 0.3 is 0 Å². The van der Waals surface area contributed by atoms with E-state index in [0.717, 1.165) is 56.8 Å². The average molecular weight is 417 g/mol. The first kappa shape index (κ1) is 20.0. The molecule has 0 aliphatic carbocycles. The molecule has 4 rings (SSSR count). The van der Waals surface area contributed by atoms with Crippen LogP contribution in [0.1, 0.15) is 24.5 Å². The van der Waals surface area contributed by atoms with Gasteiger partial charge in [0.15, 0.2) is 5.13 Å². The third-order valence-corrected chi connectivity index (χ3v) is 5.65. The van der Waals surface area contributed by atoms with E-state index >= 15 is 0 Å². The maximum atomic E-state index is 5.95. The maximum absolute atomic E-state index is 5.95. The summed E-state index contributed by atoms with van der Waals surface area (Å²) in [6.07, 6.45) is 4.54. The minimum atomic E-state index is 0.553. The van der Waals surface area contributed by atoms with Crippen molar-refractivity contribution in [1.82, 2.24) is 15.0 Å². The van der Waals surface area contributed by atoms with E-state index in [1.54, 1.807) is 17.7 Å². The molecule has 0 radical (unpaired) electrons. The van der Waals surface area contributed by atoms with E-state index in [9.17, 15) is 0 Å². The number of aryl methyl sites for hydroxylation is 1. The number of hydrogen-bond acceptors (Lipinski definition) is 6. The fourth-order valence-electron chi connectivity index (χ4n) is 3.10. The Morgan fingerprint density at radius 2 is 1.80 bits per heavy atom. The van der Waals surface area contributed by atoms with Crippen LogP contribution in [0.5, 0.6) is 5.75 Å². The summed E-state index contributed by atoms with van der Waals surface area (Å²) >= 11 is 1.61. The van der Waals surface area contributed by atoms with Crippen LogP contribution >= 0.6 is 11.3 Å². The SMILES string of the molecule is CCCNc1ncc(-c2cc(-c3ccc(OCc4ccccc4)cc3C)ncn2)s1. The molecule has 30 heavy (non-hydrogen) atoms. The molecule has 0 aliphatic heterocycles. The Kier molecular flexibility index (Phi) is 6.35. The fraction of sp³-hybridized carbons (Fsp3) is 0.208. The van der Waals surface area contributed by atoms with Gasteiger partial charge < -0.3 is 10.1 Å². The summed E-state index contributed by atoms with van der Waals surface area (Å²) in [7, 11) is 0. The number of nitrogens with one attached hydrogen (secondary N) is 1. The van der Waals surface area contributed by atoms with Crippen LogP contribution in [0.3, 0.4) is 0 Å². The molecule has 2 aromatic heterocycles. The van der Waals surface area contributed by atoms with Crippen molar-refractivity contribution in [3.05, 3.63) is 78.2 Å². The second-order valence-corrected chi connectivity index (χ2v) is 8.03. The topological polar surface area (TPSA) is 59.9 Å². The molecule has 1 N–H and O–H groups in total. The van der Waals surface area contributed by atoms with Crippen LogP contribution in [0.4, 0.5) is 5.13 Å². The molecular formula is C24H24N4OS. The van der Waals surface area contributed by atoms with Gasteiger partial charge in [-0.15, -0.1) is 0 Å². The predicted molar refractivity (Wildman–Crippen MR) is 123 cm³/mol. The van der Waals surface area contributed by atoms with Gasteiger partial charge in [-0.3, -0.25) is 0 Å². The highest BCUT2D eigenvalue weighted by Gasteiger charge is 2.10. The molecule has 2 heterocycles. The van der Waals surface area contributed by atoms with E-state index in [0.29, 0.717) is 6.61 Å². The van der Waals surface area contributed by atoms with Crippen molar-refractivity contribution < 1.29 is 4.74 Å². The molecule has 0 saturated heterocycles. The largest absolute Gasteiger partial charge is 0.489 e. The predicted octanol–water partition coefficient (Wildman–Crippen LogP) is 5.98. The van der Waals surface area contributed by atoms with Crippen molar-refractivity contribution in [2.45, 2.75) is 26.9 Å². The second-order valence-electron chi connectivity index (χ2n) is 7.00. The van der Waals surface area contributed by atoms with Crippen molar-refractivity contribution in [3.63, 3.8) is 0 Å². The van der Waals surface area contributed by atoms with Crippen molar-refractivity contribution in [2.75, 3.05) is 11.9 Å². The molecule has 4 aromatic rings. The molecule has 0 spiro atoms. The van der Waals surface area contributed by atoms with Gasteiger partial charge in [0, 0.05) is 18.3 Å².